The van der Waals surface area contributed by atoms with Gasteiger partial charge in [0.05, 0.1) is 20.1 Å². The molecule has 0 aliphatic carbocycles. The maximum absolute atomic E-state index is 11.7. The summed E-state index contributed by atoms with van der Waals surface area (Å²) < 4.78 is 17.2. The number of carbonyl (C=O) groups is 1. The fourth-order valence-electron chi connectivity index (χ4n) is 2.65. The summed E-state index contributed by atoms with van der Waals surface area (Å²) in [6.07, 6.45) is 0.296. The van der Waals surface area contributed by atoms with E-state index in [1.807, 2.05) is 49.6 Å². The van der Waals surface area contributed by atoms with Crippen molar-refractivity contribution < 1.29 is 19.0 Å². The number of esters is 1. The maximum Gasteiger partial charge on any atom is 0.310 e. The van der Waals surface area contributed by atoms with Gasteiger partial charge in [0.2, 0.25) is 5.88 Å². The fourth-order valence-corrected chi connectivity index (χ4v) is 3.64. The zero-order valence-electron chi connectivity index (χ0n) is 15.1. The molecule has 0 N–H and O–H groups in total. The number of carbonyl (C=O) groups excluding carboxylic acids is 1. The van der Waals surface area contributed by atoms with Crippen molar-refractivity contribution in [2.45, 2.75) is 26.9 Å². The molecule has 0 aliphatic rings. The van der Waals surface area contributed by atoms with Crippen LogP contribution >= 0.6 is 11.3 Å². The fraction of sp³-hybridized carbons (Fsp3) is 0.300. The van der Waals surface area contributed by atoms with Crippen LogP contribution < -0.4 is 9.47 Å². The van der Waals surface area contributed by atoms with Crippen molar-refractivity contribution in [3.63, 3.8) is 0 Å². The molecular formula is C20H21NO4S. The first-order valence-corrected chi connectivity index (χ1v) is 9.27. The third-order valence-electron chi connectivity index (χ3n) is 4.04. The Labute approximate surface area is 156 Å². The second-order valence-corrected chi connectivity index (χ2v) is 6.70. The van der Waals surface area contributed by atoms with Gasteiger partial charge in [0.25, 0.3) is 0 Å². The minimum absolute atomic E-state index is 0.199. The van der Waals surface area contributed by atoms with Gasteiger partial charge >= 0.3 is 5.97 Å². The monoisotopic (exact) mass is 371 g/mol. The number of methoxy groups -OCH3 is 1. The molecule has 0 amide bonds. The number of benzene rings is 1. The Morgan fingerprint density at radius 2 is 2.04 bits per heavy atom. The summed E-state index contributed by atoms with van der Waals surface area (Å²) >= 11 is 1.60. The number of hydrogen-bond acceptors (Lipinski definition) is 6. The van der Waals surface area contributed by atoms with Gasteiger partial charge in [0.1, 0.15) is 12.4 Å². The Morgan fingerprint density at radius 1 is 1.19 bits per heavy atom. The van der Waals surface area contributed by atoms with Crippen LogP contribution in [0, 0.1) is 6.92 Å². The molecular weight excluding hydrogens is 350 g/mol. The van der Waals surface area contributed by atoms with E-state index in [0.29, 0.717) is 25.5 Å². The van der Waals surface area contributed by atoms with Gasteiger partial charge in [-0.25, -0.2) is 4.98 Å². The van der Waals surface area contributed by atoms with Gasteiger partial charge in [0.15, 0.2) is 0 Å². The van der Waals surface area contributed by atoms with E-state index in [2.05, 4.69) is 4.98 Å². The van der Waals surface area contributed by atoms with Gasteiger partial charge in [-0.3, -0.25) is 4.79 Å². The van der Waals surface area contributed by atoms with Crippen LogP contribution in [-0.2, 0) is 22.6 Å². The predicted octanol–water partition coefficient (Wildman–Crippen LogP) is 4.30. The Bertz CT molecular complexity index is 919. The summed E-state index contributed by atoms with van der Waals surface area (Å²) in [5.41, 5.74) is 2.89. The van der Waals surface area contributed by atoms with Gasteiger partial charge < -0.3 is 14.2 Å². The Kier molecular flexibility index (Phi) is 5.73. The lowest BCUT2D eigenvalue weighted by Gasteiger charge is -2.09. The van der Waals surface area contributed by atoms with Crippen molar-refractivity contribution >= 4 is 27.4 Å². The smallest absolute Gasteiger partial charge is 0.310 e. The van der Waals surface area contributed by atoms with Crippen LogP contribution in [0.15, 0.2) is 35.7 Å². The molecule has 0 saturated heterocycles. The standard InChI is InChI=1S/C20H21NO4S/c1-4-24-20(22)9-15-12-26-18-10-16(6-7-17(15)18)25-11-14-5-8-19(23-3)21-13(14)2/h5-8,10,12H,4,9,11H2,1-3H3. The lowest BCUT2D eigenvalue weighted by molar-refractivity contribution is -0.142. The van der Waals surface area contributed by atoms with Gasteiger partial charge in [-0.15, -0.1) is 11.3 Å². The molecule has 26 heavy (non-hydrogen) atoms. The maximum atomic E-state index is 11.7. The third-order valence-corrected chi connectivity index (χ3v) is 5.03. The minimum atomic E-state index is -0.199. The molecule has 0 atom stereocenters. The highest BCUT2D eigenvalue weighted by atomic mass is 32.1. The Hall–Kier alpha value is -2.60. The summed E-state index contributed by atoms with van der Waals surface area (Å²) in [4.78, 5) is 16.1. The average Bonchev–Trinajstić information content (AvgIpc) is 3.03. The lowest BCUT2D eigenvalue weighted by atomic mass is 10.1. The second kappa shape index (κ2) is 8.19. The molecule has 0 radical (unpaired) electrons. The van der Waals surface area contributed by atoms with Crippen LogP contribution in [0.1, 0.15) is 23.7 Å². The van der Waals surface area contributed by atoms with E-state index >= 15 is 0 Å². The lowest BCUT2D eigenvalue weighted by Crippen LogP contribution is -2.06. The number of pyridine rings is 1. The molecule has 5 nitrogen and oxygen atoms in total. The molecule has 0 unspecified atom stereocenters. The number of aryl methyl sites for hydroxylation is 1. The van der Waals surface area contributed by atoms with E-state index in [0.717, 1.165) is 32.7 Å². The van der Waals surface area contributed by atoms with Gasteiger partial charge in [-0.1, -0.05) is 0 Å². The highest BCUT2D eigenvalue weighted by Gasteiger charge is 2.11. The van der Waals surface area contributed by atoms with Crippen LogP contribution in [0.2, 0.25) is 0 Å². The van der Waals surface area contributed by atoms with Crippen LogP contribution in [-0.4, -0.2) is 24.7 Å². The Balaban J connectivity index is 1.71. The van der Waals surface area contributed by atoms with E-state index in [1.54, 1.807) is 18.4 Å². The quantitative estimate of drug-likeness (QED) is 0.580. The number of thiophene rings is 1. The Morgan fingerprint density at radius 3 is 2.77 bits per heavy atom. The summed E-state index contributed by atoms with van der Waals surface area (Å²) in [5.74, 6) is 1.19. The number of aromatic nitrogens is 1. The molecule has 0 saturated carbocycles. The van der Waals surface area contributed by atoms with Crippen LogP contribution in [0.3, 0.4) is 0 Å². The molecule has 0 aliphatic heterocycles. The van der Waals surface area contributed by atoms with Gasteiger partial charge in [-0.05, 0) is 54.4 Å². The predicted molar refractivity (Wildman–Crippen MR) is 102 cm³/mol. The zero-order valence-corrected chi connectivity index (χ0v) is 15.9. The molecule has 2 heterocycles. The van der Waals surface area contributed by atoms with E-state index in [-0.39, 0.29) is 5.97 Å². The number of ether oxygens (including phenoxy) is 3. The van der Waals surface area contributed by atoms with Crippen molar-refractivity contribution in [2.75, 3.05) is 13.7 Å². The molecule has 6 heteroatoms. The van der Waals surface area contributed by atoms with Crippen LogP contribution in [0.5, 0.6) is 11.6 Å². The van der Waals surface area contributed by atoms with E-state index in [4.69, 9.17) is 14.2 Å². The molecule has 1 aromatic carbocycles. The summed E-state index contributed by atoms with van der Waals surface area (Å²) in [5, 5.41) is 3.07. The number of nitrogens with zero attached hydrogens (tertiary/aromatic N) is 1. The number of hydrogen-bond donors (Lipinski definition) is 0. The van der Waals surface area contributed by atoms with Crippen LogP contribution in [0.25, 0.3) is 10.1 Å². The topological polar surface area (TPSA) is 57.7 Å². The van der Waals surface area contributed by atoms with Crippen molar-refractivity contribution in [1.29, 1.82) is 0 Å². The first kappa shape index (κ1) is 18.2. The highest BCUT2D eigenvalue weighted by molar-refractivity contribution is 7.17. The summed E-state index contributed by atoms with van der Waals surface area (Å²) in [7, 11) is 1.60. The van der Waals surface area contributed by atoms with E-state index in [9.17, 15) is 4.79 Å². The molecule has 0 spiro atoms. The van der Waals surface area contributed by atoms with Crippen molar-refractivity contribution in [2.24, 2.45) is 0 Å². The molecule has 0 fully saturated rings. The number of fused-ring (bicyclic) bond motifs is 1. The van der Waals surface area contributed by atoms with Gasteiger partial charge in [-0.2, -0.15) is 0 Å². The van der Waals surface area contributed by atoms with Crippen molar-refractivity contribution in [3.05, 3.63) is 52.5 Å². The highest BCUT2D eigenvalue weighted by Crippen LogP contribution is 2.30. The zero-order chi connectivity index (χ0) is 18.5. The largest absolute Gasteiger partial charge is 0.489 e. The first-order valence-electron chi connectivity index (χ1n) is 8.39. The second-order valence-electron chi connectivity index (χ2n) is 5.79. The molecule has 3 rings (SSSR count). The SMILES string of the molecule is CCOC(=O)Cc1csc2cc(OCc3ccc(OC)nc3C)ccc12. The van der Waals surface area contributed by atoms with E-state index < -0.39 is 0 Å². The minimum Gasteiger partial charge on any atom is -0.489 e. The third kappa shape index (κ3) is 4.14. The molecule has 0 bridgehead atoms. The molecule has 3 aromatic rings. The van der Waals surface area contributed by atoms with E-state index in [1.165, 1.54) is 0 Å². The average molecular weight is 371 g/mol. The van der Waals surface area contributed by atoms with Gasteiger partial charge in [0, 0.05) is 22.0 Å². The summed E-state index contributed by atoms with van der Waals surface area (Å²) in [6, 6.07) is 9.71. The molecule has 2 aromatic heterocycles. The van der Waals surface area contributed by atoms with Crippen molar-refractivity contribution in [3.8, 4) is 11.6 Å². The summed E-state index contributed by atoms with van der Waals surface area (Å²) in [6.45, 7) is 4.59. The normalized spacial score (nSPS) is 10.7. The number of rotatable bonds is 7. The first-order chi connectivity index (χ1) is 12.6. The van der Waals surface area contributed by atoms with Crippen molar-refractivity contribution in [1.82, 2.24) is 4.98 Å². The molecule has 136 valence electrons. The van der Waals surface area contributed by atoms with Crippen LogP contribution in [0.4, 0.5) is 0 Å².